The first kappa shape index (κ1) is 20.5. The highest BCUT2D eigenvalue weighted by Crippen LogP contribution is 2.20. The van der Waals surface area contributed by atoms with Crippen LogP contribution in [0.2, 0.25) is 0 Å². The van der Waals surface area contributed by atoms with Gasteiger partial charge in [-0.1, -0.05) is 18.2 Å². The molecule has 0 unspecified atom stereocenters. The topological polar surface area (TPSA) is 30.9 Å². The van der Waals surface area contributed by atoms with Gasteiger partial charge < -0.3 is 15.1 Å². The molecule has 0 amide bonds. The average Bonchev–Trinajstić information content (AvgIpc) is 2.64. The van der Waals surface area contributed by atoms with Crippen LogP contribution in [0.25, 0.3) is 0 Å². The van der Waals surface area contributed by atoms with Gasteiger partial charge in [0.2, 0.25) is 0 Å². The molecule has 25 heavy (non-hydrogen) atoms. The number of nitrogens with zero attached hydrogens (tertiary/aromatic N) is 3. The van der Waals surface area contributed by atoms with Crippen LogP contribution in [0, 0.1) is 5.92 Å². The van der Waals surface area contributed by atoms with Crippen LogP contribution in [0.3, 0.4) is 0 Å². The van der Waals surface area contributed by atoms with Crippen LogP contribution in [-0.2, 0) is 0 Å². The molecule has 140 valence electrons. The van der Waals surface area contributed by atoms with Gasteiger partial charge in [-0.15, -0.1) is 24.0 Å². The summed E-state index contributed by atoms with van der Waals surface area (Å²) in [5.74, 6) is 1.93. The van der Waals surface area contributed by atoms with Gasteiger partial charge in [-0.3, -0.25) is 4.99 Å². The fourth-order valence-electron chi connectivity index (χ4n) is 3.68. The van der Waals surface area contributed by atoms with Crippen molar-refractivity contribution in [2.24, 2.45) is 10.9 Å². The van der Waals surface area contributed by atoms with Crippen LogP contribution in [0.5, 0.6) is 0 Å². The number of hydrogen-bond acceptors (Lipinski definition) is 2. The van der Waals surface area contributed by atoms with Crippen LogP contribution < -0.4 is 5.32 Å². The SMILES string of the molecule is CN1CCC(CCN=C(Nc2ccccc2)N2CCCCC2)CC1.I. The molecule has 2 heterocycles. The Bertz CT molecular complexity index is 506. The Morgan fingerprint density at radius 1 is 1.04 bits per heavy atom. The first-order chi connectivity index (χ1) is 11.8. The summed E-state index contributed by atoms with van der Waals surface area (Å²) in [6.07, 6.45) is 7.80. The molecule has 1 N–H and O–H groups in total. The van der Waals surface area contributed by atoms with E-state index in [1.165, 1.54) is 51.6 Å². The number of aliphatic imine (C=N–C) groups is 1. The number of anilines is 1. The van der Waals surface area contributed by atoms with Gasteiger partial charge in [0.05, 0.1) is 0 Å². The molecule has 3 rings (SSSR count). The van der Waals surface area contributed by atoms with Crippen LogP contribution >= 0.6 is 24.0 Å². The van der Waals surface area contributed by atoms with E-state index < -0.39 is 0 Å². The summed E-state index contributed by atoms with van der Waals surface area (Å²) in [5, 5.41) is 3.56. The number of guanidine groups is 1. The molecule has 2 fully saturated rings. The van der Waals surface area contributed by atoms with Crippen LogP contribution in [-0.4, -0.2) is 55.5 Å². The molecule has 2 aliphatic heterocycles. The number of nitrogens with one attached hydrogen (secondary N) is 1. The molecular weight excluding hydrogens is 423 g/mol. The molecular formula is C20H33IN4. The van der Waals surface area contributed by atoms with Crippen LogP contribution in [0.4, 0.5) is 5.69 Å². The van der Waals surface area contributed by atoms with Gasteiger partial charge in [-0.2, -0.15) is 0 Å². The third-order valence-electron chi connectivity index (χ3n) is 5.32. The zero-order chi connectivity index (χ0) is 16.6. The first-order valence-electron chi connectivity index (χ1n) is 9.61. The van der Waals surface area contributed by atoms with Crippen molar-refractivity contribution in [1.82, 2.24) is 9.80 Å². The largest absolute Gasteiger partial charge is 0.343 e. The second kappa shape index (κ2) is 11.0. The maximum absolute atomic E-state index is 4.97. The van der Waals surface area contributed by atoms with E-state index in [1.807, 2.05) is 0 Å². The summed E-state index contributed by atoms with van der Waals surface area (Å²) in [4.78, 5) is 9.85. The molecule has 4 nitrogen and oxygen atoms in total. The number of rotatable bonds is 4. The monoisotopic (exact) mass is 456 g/mol. The second-order valence-corrected chi connectivity index (χ2v) is 7.28. The number of likely N-dealkylation sites (tertiary alicyclic amines) is 2. The number of hydrogen-bond donors (Lipinski definition) is 1. The lowest BCUT2D eigenvalue weighted by molar-refractivity contribution is 0.214. The lowest BCUT2D eigenvalue weighted by atomic mass is 9.94. The molecule has 0 aromatic heterocycles. The Hall–Kier alpha value is -0.820. The molecule has 0 atom stereocenters. The third-order valence-corrected chi connectivity index (χ3v) is 5.32. The summed E-state index contributed by atoms with van der Waals surface area (Å²) in [7, 11) is 2.23. The Kier molecular flexibility index (Phi) is 9.03. The standard InChI is InChI=1S/C20H32N4.HI/c1-23-16-11-18(12-17-23)10-13-21-20(24-14-6-3-7-15-24)22-19-8-4-2-5-9-19;/h2,4-5,8-9,18H,3,6-7,10-17H2,1H3,(H,21,22);1H. The van der Waals surface area contributed by atoms with Crippen molar-refractivity contribution in [3.63, 3.8) is 0 Å². The van der Waals surface area contributed by atoms with Gasteiger partial charge in [0.15, 0.2) is 5.96 Å². The Morgan fingerprint density at radius 3 is 2.40 bits per heavy atom. The molecule has 1 aromatic carbocycles. The average molecular weight is 456 g/mol. The van der Waals surface area contributed by atoms with E-state index in [0.717, 1.165) is 37.2 Å². The summed E-state index contributed by atoms with van der Waals surface area (Å²) < 4.78 is 0. The number of halogens is 1. The molecule has 2 saturated heterocycles. The maximum atomic E-state index is 4.97. The van der Waals surface area contributed by atoms with Crippen LogP contribution in [0.15, 0.2) is 35.3 Å². The van der Waals surface area contributed by atoms with Gasteiger partial charge in [-0.05, 0) is 76.7 Å². The van der Waals surface area contributed by atoms with Crippen molar-refractivity contribution in [2.75, 3.05) is 45.1 Å². The molecule has 5 heteroatoms. The first-order valence-corrected chi connectivity index (χ1v) is 9.61. The fraction of sp³-hybridized carbons (Fsp3) is 0.650. The number of para-hydroxylation sites is 1. The number of piperidine rings is 2. The Morgan fingerprint density at radius 2 is 1.72 bits per heavy atom. The fourth-order valence-corrected chi connectivity index (χ4v) is 3.68. The van der Waals surface area contributed by atoms with E-state index in [1.54, 1.807) is 0 Å². The van der Waals surface area contributed by atoms with E-state index in [4.69, 9.17) is 4.99 Å². The Balaban J connectivity index is 0.00000225. The summed E-state index contributed by atoms with van der Waals surface area (Å²) in [5.41, 5.74) is 1.14. The zero-order valence-electron chi connectivity index (χ0n) is 15.5. The minimum absolute atomic E-state index is 0. The third kappa shape index (κ3) is 6.77. The van der Waals surface area contributed by atoms with Crippen molar-refractivity contribution in [2.45, 2.75) is 38.5 Å². The van der Waals surface area contributed by atoms with E-state index in [0.29, 0.717) is 0 Å². The highest BCUT2D eigenvalue weighted by molar-refractivity contribution is 14.0. The minimum atomic E-state index is 0. The highest BCUT2D eigenvalue weighted by Gasteiger charge is 2.18. The maximum Gasteiger partial charge on any atom is 0.198 e. The van der Waals surface area contributed by atoms with E-state index in [9.17, 15) is 0 Å². The van der Waals surface area contributed by atoms with Crippen molar-refractivity contribution in [1.29, 1.82) is 0 Å². The Labute approximate surface area is 170 Å². The second-order valence-electron chi connectivity index (χ2n) is 7.28. The number of benzene rings is 1. The molecule has 2 aliphatic rings. The van der Waals surface area contributed by atoms with Gasteiger partial charge in [-0.25, -0.2) is 0 Å². The van der Waals surface area contributed by atoms with Crippen LogP contribution in [0.1, 0.15) is 38.5 Å². The van der Waals surface area contributed by atoms with E-state index in [-0.39, 0.29) is 24.0 Å². The van der Waals surface area contributed by atoms with Gasteiger partial charge in [0, 0.05) is 25.3 Å². The smallest absolute Gasteiger partial charge is 0.198 e. The van der Waals surface area contributed by atoms with Gasteiger partial charge >= 0.3 is 0 Å². The summed E-state index contributed by atoms with van der Waals surface area (Å²) in [6.45, 7) is 5.70. The minimum Gasteiger partial charge on any atom is -0.343 e. The zero-order valence-corrected chi connectivity index (χ0v) is 17.8. The molecule has 0 radical (unpaired) electrons. The molecule has 0 aliphatic carbocycles. The molecule has 0 spiro atoms. The quantitative estimate of drug-likeness (QED) is 0.417. The van der Waals surface area contributed by atoms with Crippen molar-refractivity contribution in [3.05, 3.63) is 30.3 Å². The normalized spacial score (nSPS) is 20.2. The van der Waals surface area contributed by atoms with Gasteiger partial charge in [0.25, 0.3) is 0 Å². The summed E-state index contributed by atoms with van der Waals surface area (Å²) >= 11 is 0. The molecule has 1 aromatic rings. The van der Waals surface area contributed by atoms with Crippen molar-refractivity contribution in [3.8, 4) is 0 Å². The van der Waals surface area contributed by atoms with E-state index >= 15 is 0 Å². The lowest BCUT2D eigenvalue weighted by Crippen LogP contribution is -2.40. The highest BCUT2D eigenvalue weighted by atomic mass is 127. The summed E-state index contributed by atoms with van der Waals surface area (Å²) in [6, 6.07) is 10.5. The van der Waals surface area contributed by atoms with Crippen molar-refractivity contribution < 1.29 is 0 Å². The molecule has 0 saturated carbocycles. The predicted molar refractivity (Wildman–Crippen MR) is 118 cm³/mol. The van der Waals surface area contributed by atoms with Crippen molar-refractivity contribution >= 4 is 35.6 Å². The van der Waals surface area contributed by atoms with E-state index in [2.05, 4.69) is 52.5 Å². The predicted octanol–water partition coefficient (Wildman–Crippen LogP) is 4.29. The van der Waals surface area contributed by atoms with Gasteiger partial charge in [0.1, 0.15) is 0 Å². The molecule has 0 bridgehead atoms. The lowest BCUT2D eigenvalue weighted by Gasteiger charge is -2.31.